The number of nitrogens with one attached hydrogen (secondary N) is 1. The predicted molar refractivity (Wildman–Crippen MR) is 81.0 cm³/mol. The molecule has 1 saturated carbocycles. The fourth-order valence-electron chi connectivity index (χ4n) is 2.82. The summed E-state index contributed by atoms with van der Waals surface area (Å²) in [6, 6.07) is 9.59. The first-order valence-electron chi connectivity index (χ1n) is 7.63. The summed E-state index contributed by atoms with van der Waals surface area (Å²) in [6.45, 7) is 1.77. The van der Waals surface area contributed by atoms with Crippen LogP contribution in [0.4, 0.5) is 4.79 Å². The van der Waals surface area contributed by atoms with Crippen molar-refractivity contribution in [2.75, 3.05) is 0 Å². The highest BCUT2D eigenvalue weighted by Crippen LogP contribution is 2.28. The van der Waals surface area contributed by atoms with Crippen molar-refractivity contribution in [1.29, 1.82) is 0 Å². The highest BCUT2D eigenvalue weighted by molar-refractivity contribution is 5.69. The van der Waals surface area contributed by atoms with Crippen LogP contribution < -0.4 is 5.32 Å². The van der Waals surface area contributed by atoms with Gasteiger partial charge in [0.25, 0.3) is 0 Å². The molecule has 1 aliphatic carbocycles. The molecule has 0 heterocycles. The maximum absolute atomic E-state index is 12.1. The van der Waals surface area contributed by atoms with E-state index in [-0.39, 0.29) is 12.5 Å². The van der Waals surface area contributed by atoms with Crippen molar-refractivity contribution in [1.82, 2.24) is 5.32 Å². The molecule has 114 valence electrons. The molecule has 1 fully saturated rings. The van der Waals surface area contributed by atoms with Gasteiger partial charge in [0.15, 0.2) is 0 Å². The summed E-state index contributed by atoms with van der Waals surface area (Å²) >= 11 is 0. The Morgan fingerprint density at radius 2 is 1.95 bits per heavy atom. The maximum atomic E-state index is 12.1. The number of carbonyl (C=O) groups excluding carboxylic acids is 2. The summed E-state index contributed by atoms with van der Waals surface area (Å²) in [5.41, 5.74) is -0.0854. The lowest BCUT2D eigenvalue weighted by Gasteiger charge is -2.30. The summed E-state index contributed by atoms with van der Waals surface area (Å²) in [6.07, 6.45) is 6.05. The quantitative estimate of drug-likeness (QED) is 0.843. The third-order valence-electron chi connectivity index (χ3n) is 4.10. The van der Waals surface area contributed by atoms with Crippen LogP contribution in [0.3, 0.4) is 0 Å². The van der Waals surface area contributed by atoms with E-state index >= 15 is 0 Å². The average Bonchev–Trinajstić information content (AvgIpc) is 2.49. The number of benzene rings is 1. The molecule has 4 nitrogen and oxygen atoms in total. The van der Waals surface area contributed by atoms with Gasteiger partial charge in [0.1, 0.15) is 11.9 Å². The molecule has 0 aliphatic heterocycles. The largest absolute Gasteiger partial charge is 0.438 e. The highest BCUT2D eigenvalue weighted by Gasteiger charge is 2.31. The van der Waals surface area contributed by atoms with Gasteiger partial charge in [-0.15, -0.1) is 0 Å². The van der Waals surface area contributed by atoms with Crippen LogP contribution in [-0.2, 0) is 15.1 Å². The molecule has 0 aromatic heterocycles. The van der Waals surface area contributed by atoms with Gasteiger partial charge in [0.2, 0.25) is 0 Å². The summed E-state index contributed by atoms with van der Waals surface area (Å²) in [5, 5.41) is 2.93. The number of ether oxygens (including phenoxy) is 1. The molecule has 1 amide bonds. The van der Waals surface area contributed by atoms with Gasteiger partial charge in [-0.1, -0.05) is 49.6 Å². The second-order valence-corrected chi connectivity index (χ2v) is 5.84. The lowest BCUT2D eigenvalue weighted by Crippen LogP contribution is -2.41. The van der Waals surface area contributed by atoms with E-state index in [0.717, 1.165) is 37.5 Å². The first kappa shape index (κ1) is 15.5. The van der Waals surface area contributed by atoms with Gasteiger partial charge in [0.05, 0.1) is 0 Å². The molecule has 0 bridgehead atoms. The summed E-state index contributed by atoms with van der Waals surface area (Å²) < 4.78 is 5.59. The smallest absolute Gasteiger partial charge is 0.408 e. The van der Waals surface area contributed by atoms with E-state index in [2.05, 4.69) is 5.32 Å². The first-order chi connectivity index (χ1) is 10.1. The normalized spacial score (nSPS) is 18.5. The number of rotatable bonds is 5. The number of alkyl carbamates (subject to hydrolysis) is 1. The molecule has 0 saturated heterocycles. The highest BCUT2D eigenvalue weighted by atomic mass is 16.6. The molecular weight excluding hydrogens is 266 g/mol. The van der Waals surface area contributed by atoms with Crippen LogP contribution in [-0.4, -0.2) is 18.4 Å². The Labute approximate surface area is 125 Å². The van der Waals surface area contributed by atoms with Gasteiger partial charge in [0, 0.05) is 12.5 Å². The van der Waals surface area contributed by atoms with Gasteiger partial charge in [-0.05, 0) is 25.3 Å². The van der Waals surface area contributed by atoms with Crippen molar-refractivity contribution >= 4 is 12.4 Å². The molecule has 0 radical (unpaired) electrons. The first-order valence-corrected chi connectivity index (χ1v) is 7.63. The van der Waals surface area contributed by atoms with Crippen LogP contribution in [0.1, 0.15) is 51.0 Å². The lowest BCUT2D eigenvalue weighted by molar-refractivity contribution is -0.112. The number of aldehydes is 1. The third kappa shape index (κ3) is 4.31. The Bertz CT molecular complexity index is 468. The number of amides is 1. The van der Waals surface area contributed by atoms with Crippen LogP contribution >= 0.6 is 0 Å². The molecule has 4 heteroatoms. The van der Waals surface area contributed by atoms with Gasteiger partial charge >= 0.3 is 6.09 Å². The molecule has 2 rings (SSSR count). The Hall–Kier alpha value is -1.84. The lowest BCUT2D eigenvalue weighted by atomic mass is 9.93. The van der Waals surface area contributed by atoms with Crippen molar-refractivity contribution < 1.29 is 14.3 Å². The Morgan fingerprint density at radius 1 is 1.29 bits per heavy atom. The Morgan fingerprint density at radius 3 is 2.57 bits per heavy atom. The molecule has 0 spiro atoms. The fraction of sp³-hybridized carbons (Fsp3) is 0.529. The van der Waals surface area contributed by atoms with Crippen LogP contribution in [0.15, 0.2) is 30.3 Å². The summed E-state index contributed by atoms with van der Waals surface area (Å²) in [7, 11) is 0. The number of carbonyl (C=O) groups is 2. The van der Waals surface area contributed by atoms with Crippen molar-refractivity contribution in [3.8, 4) is 0 Å². The van der Waals surface area contributed by atoms with Crippen molar-refractivity contribution in [2.45, 2.75) is 57.1 Å². The minimum Gasteiger partial charge on any atom is -0.438 e. The minimum absolute atomic E-state index is 0.148. The molecular formula is C17H23NO3. The average molecular weight is 289 g/mol. The van der Waals surface area contributed by atoms with E-state index in [0.29, 0.717) is 0 Å². The van der Waals surface area contributed by atoms with Gasteiger partial charge in [-0.3, -0.25) is 0 Å². The minimum atomic E-state index is -0.915. The second kappa shape index (κ2) is 7.25. The SMILES string of the molecule is CC(CC=O)(OC(=O)NC1CCCCC1)c1ccccc1. The molecule has 1 atom stereocenters. The van der Waals surface area contributed by atoms with Gasteiger partial charge in [-0.2, -0.15) is 0 Å². The maximum Gasteiger partial charge on any atom is 0.408 e. The zero-order chi connectivity index (χ0) is 15.1. The molecule has 1 aliphatic rings. The third-order valence-corrected chi connectivity index (χ3v) is 4.10. The Balaban J connectivity index is 2.01. The predicted octanol–water partition coefficient (Wildman–Crippen LogP) is 3.55. The Kier molecular flexibility index (Phi) is 5.37. The van der Waals surface area contributed by atoms with Crippen LogP contribution in [0.2, 0.25) is 0 Å². The van der Waals surface area contributed by atoms with Crippen LogP contribution in [0.25, 0.3) is 0 Å². The fourth-order valence-corrected chi connectivity index (χ4v) is 2.82. The van der Waals surface area contributed by atoms with Gasteiger partial charge < -0.3 is 14.8 Å². The van der Waals surface area contributed by atoms with E-state index in [1.165, 1.54) is 6.42 Å². The topological polar surface area (TPSA) is 55.4 Å². The molecule has 1 aromatic carbocycles. The van der Waals surface area contributed by atoms with Crippen molar-refractivity contribution in [2.24, 2.45) is 0 Å². The molecule has 21 heavy (non-hydrogen) atoms. The van der Waals surface area contributed by atoms with E-state index in [1.807, 2.05) is 30.3 Å². The standard InChI is InChI=1S/C17H23NO3/c1-17(12-13-19,14-8-4-2-5-9-14)21-16(20)18-15-10-6-3-7-11-15/h2,4-5,8-9,13,15H,3,6-7,10-12H2,1H3,(H,18,20). The summed E-state index contributed by atoms with van der Waals surface area (Å²) in [4.78, 5) is 23.1. The van der Waals surface area contributed by atoms with Crippen molar-refractivity contribution in [3.63, 3.8) is 0 Å². The molecule has 1 unspecified atom stereocenters. The second-order valence-electron chi connectivity index (χ2n) is 5.84. The van der Waals surface area contributed by atoms with Crippen LogP contribution in [0.5, 0.6) is 0 Å². The zero-order valence-corrected chi connectivity index (χ0v) is 12.5. The van der Waals surface area contributed by atoms with E-state index in [1.54, 1.807) is 6.92 Å². The van der Waals surface area contributed by atoms with Gasteiger partial charge in [-0.25, -0.2) is 4.79 Å². The van der Waals surface area contributed by atoms with Crippen molar-refractivity contribution in [3.05, 3.63) is 35.9 Å². The van der Waals surface area contributed by atoms with E-state index in [4.69, 9.17) is 4.74 Å². The summed E-state index contributed by atoms with van der Waals surface area (Å²) in [5.74, 6) is 0. The van der Waals surface area contributed by atoms with E-state index < -0.39 is 11.7 Å². The molecule has 1 N–H and O–H groups in total. The number of hydrogen-bond acceptors (Lipinski definition) is 3. The zero-order valence-electron chi connectivity index (χ0n) is 12.5. The molecule has 1 aromatic rings. The van der Waals surface area contributed by atoms with Crippen LogP contribution in [0, 0.1) is 0 Å². The number of hydrogen-bond donors (Lipinski definition) is 1. The van der Waals surface area contributed by atoms with E-state index in [9.17, 15) is 9.59 Å². The monoisotopic (exact) mass is 289 g/mol.